The molecule has 19 heavy (non-hydrogen) atoms. The predicted octanol–water partition coefficient (Wildman–Crippen LogP) is 3.57. The fourth-order valence-corrected chi connectivity index (χ4v) is 2.45. The zero-order valence-corrected chi connectivity index (χ0v) is 13.3. The highest BCUT2D eigenvalue weighted by Gasteiger charge is 2.24. The number of hydrogen-bond acceptors (Lipinski definition) is 2. The highest BCUT2D eigenvalue weighted by Crippen LogP contribution is 2.17. The van der Waals surface area contributed by atoms with Crippen molar-refractivity contribution in [2.75, 3.05) is 10.7 Å². The van der Waals surface area contributed by atoms with Crippen molar-refractivity contribution >= 4 is 37.8 Å². The van der Waals surface area contributed by atoms with Crippen LogP contribution in [0.4, 0.5) is 8.78 Å². The van der Waals surface area contributed by atoms with Crippen molar-refractivity contribution in [3.05, 3.63) is 29.8 Å². The third-order valence-corrected chi connectivity index (χ3v) is 4.82. The van der Waals surface area contributed by atoms with Crippen molar-refractivity contribution in [2.24, 2.45) is 0 Å². The number of amides is 1. The lowest BCUT2D eigenvalue weighted by Gasteiger charge is -2.26. The molecule has 3 nitrogen and oxygen atoms in total. The van der Waals surface area contributed by atoms with E-state index in [-0.39, 0.29) is 11.7 Å². The van der Waals surface area contributed by atoms with Gasteiger partial charge in [-0.05, 0) is 31.2 Å². The first kappa shape index (κ1) is 16.4. The number of benzene rings is 1. The Labute approximate surface area is 127 Å². The van der Waals surface area contributed by atoms with E-state index in [1.165, 1.54) is 24.3 Å². The molecule has 0 saturated carbocycles. The van der Waals surface area contributed by atoms with E-state index in [4.69, 9.17) is 0 Å². The Hall–Kier alpha value is -0.690. The summed E-state index contributed by atoms with van der Waals surface area (Å²) in [5.74, 6) is -0.250. The summed E-state index contributed by atoms with van der Waals surface area (Å²) in [6.45, 7) is -0.993. The van der Waals surface area contributed by atoms with Gasteiger partial charge in [0, 0.05) is 16.2 Å². The van der Waals surface area contributed by atoms with Crippen molar-refractivity contribution in [2.45, 2.75) is 19.1 Å². The summed E-state index contributed by atoms with van der Waals surface area (Å²) in [4.78, 5) is 12.0. The summed E-state index contributed by atoms with van der Waals surface area (Å²) in [5, 5.41) is 4.02. The molecular formula is C12H13Br2F2NO2. The van der Waals surface area contributed by atoms with E-state index in [1.54, 1.807) is 0 Å². The molecule has 0 fully saturated rings. The average molecular weight is 401 g/mol. The Bertz CT molecular complexity index is 422. The molecule has 1 rings (SSSR count). The fourth-order valence-electron chi connectivity index (χ4n) is 1.24. The molecule has 0 atom stereocenters. The predicted molar refractivity (Wildman–Crippen MR) is 76.5 cm³/mol. The molecule has 0 aliphatic rings. The minimum Gasteiger partial charge on any atom is -0.435 e. The molecule has 7 heteroatoms. The number of alkyl halides is 4. The monoisotopic (exact) mass is 399 g/mol. The molecule has 0 radical (unpaired) electrons. The van der Waals surface area contributed by atoms with Crippen molar-refractivity contribution in [3.63, 3.8) is 0 Å². The maximum atomic E-state index is 12.0. The van der Waals surface area contributed by atoms with Gasteiger partial charge in [-0.25, -0.2) is 0 Å². The quantitative estimate of drug-likeness (QED) is 0.741. The number of halogens is 4. The number of hydrogen-bond donors (Lipinski definition) is 1. The Balaban J connectivity index is 2.73. The highest BCUT2D eigenvalue weighted by atomic mass is 79.9. The van der Waals surface area contributed by atoms with Gasteiger partial charge in [0.15, 0.2) is 0 Å². The van der Waals surface area contributed by atoms with Gasteiger partial charge in [-0.15, -0.1) is 0 Å². The van der Waals surface area contributed by atoms with Crippen LogP contribution in [0.2, 0.25) is 0 Å². The van der Waals surface area contributed by atoms with Crippen molar-refractivity contribution in [3.8, 4) is 5.75 Å². The van der Waals surface area contributed by atoms with Gasteiger partial charge in [0.25, 0.3) is 5.91 Å². The normalized spacial score (nSPS) is 11.5. The molecule has 0 aromatic heterocycles. The lowest BCUT2D eigenvalue weighted by Crippen LogP contribution is -2.48. The first-order valence-electron chi connectivity index (χ1n) is 5.39. The average Bonchev–Trinajstić information content (AvgIpc) is 2.38. The number of ether oxygens (including phenoxy) is 1. The third kappa shape index (κ3) is 5.06. The fraction of sp³-hybridized carbons (Fsp3) is 0.417. The van der Waals surface area contributed by atoms with Crippen LogP contribution in [0.5, 0.6) is 5.75 Å². The van der Waals surface area contributed by atoms with E-state index in [0.29, 0.717) is 16.2 Å². The zero-order chi connectivity index (χ0) is 14.5. The Morgan fingerprint density at radius 1 is 1.32 bits per heavy atom. The molecule has 1 aromatic rings. The second-order valence-electron chi connectivity index (χ2n) is 4.18. The molecule has 0 aliphatic carbocycles. The first-order valence-corrected chi connectivity index (χ1v) is 7.64. The largest absolute Gasteiger partial charge is 0.435 e. The molecule has 1 amide bonds. The van der Waals surface area contributed by atoms with E-state index in [2.05, 4.69) is 41.9 Å². The SMILES string of the molecule is CC(CBr)(CBr)NC(=O)c1ccc(OC(F)F)cc1. The summed E-state index contributed by atoms with van der Waals surface area (Å²) in [6.07, 6.45) is 0. The van der Waals surface area contributed by atoms with Gasteiger partial charge in [0.2, 0.25) is 0 Å². The van der Waals surface area contributed by atoms with E-state index >= 15 is 0 Å². The van der Waals surface area contributed by atoms with Gasteiger partial charge in [-0.2, -0.15) is 8.78 Å². The van der Waals surface area contributed by atoms with Crippen LogP contribution in [0.1, 0.15) is 17.3 Å². The van der Waals surface area contributed by atoms with Crippen LogP contribution in [0.3, 0.4) is 0 Å². The molecule has 0 saturated heterocycles. The van der Waals surface area contributed by atoms with Crippen LogP contribution in [0.25, 0.3) is 0 Å². The molecule has 0 heterocycles. The molecule has 0 aliphatic heterocycles. The molecular weight excluding hydrogens is 388 g/mol. The maximum absolute atomic E-state index is 12.0. The van der Waals surface area contributed by atoms with Gasteiger partial charge in [-0.3, -0.25) is 4.79 Å². The molecule has 0 spiro atoms. The van der Waals surface area contributed by atoms with Crippen molar-refractivity contribution in [1.82, 2.24) is 5.32 Å². The minimum absolute atomic E-state index is 0.0234. The van der Waals surface area contributed by atoms with Gasteiger partial charge >= 0.3 is 6.61 Å². The van der Waals surface area contributed by atoms with Gasteiger partial charge in [0.05, 0.1) is 5.54 Å². The van der Waals surface area contributed by atoms with Crippen LogP contribution in [-0.2, 0) is 0 Å². The van der Waals surface area contributed by atoms with Crippen LogP contribution >= 0.6 is 31.9 Å². The minimum atomic E-state index is -2.87. The summed E-state index contributed by atoms with van der Waals surface area (Å²) in [5.41, 5.74) is -0.0374. The number of carbonyl (C=O) groups is 1. The Kier molecular flexibility index (Phi) is 6.19. The van der Waals surface area contributed by atoms with Crippen molar-refractivity contribution < 1.29 is 18.3 Å². The van der Waals surface area contributed by atoms with Gasteiger partial charge in [0.1, 0.15) is 5.75 Å². The van der Waals surface area contributed by atoms with Crippen LogP contribution in [0, 0.1) is 0 Å². The first-order chi connectivity index (χ1) is 8.90. The van der Waals surface area contributed by atoms with Crippen molar-refractivity contribution in [1.29, 1.82) is 0 Å². The summed E-state index contributed by atoms with van der Waals surface area (Å²) in [6, 6.07) is 5.55. The van der Waals surface area contributed by atoms with Gasteiger partial charge < -0.3 is 10.1 Å². The van der Waals surface area contributed by atoms with E-state index in [9.17, 15) is 13.6 Å². The molecule has 1 aromatic carbocycles. The van der Waals surface area contributed by atoms with E-state index < -0.39 is 12.2 Å². The topological polar surface area (TPSA) is 38.3 Å². The number of rotatable bonds is 6. The van der Waals surface area contributed by atoms with Gasteiger partial charge in [-0.1, -0.05) is 31.9 Å². The summed E-state index contributed by atoms with van der Waals surface area (Å²) in [7, 11) is 0. The van der Waals surface area contributed by atoms with Crippen LogP contribution in [0.15, 0.2) is 24.3 Å². The summed E-state index contributed by atoms with van der Waals surface area (Å²) < 4.78 is 28.2. The Morgan fingerprint density at radius 3 is 2.26 bits per heavy atom. The maximum Gasteiger partial charge on any atom is 0.387 e. The van der Waals surface area contributed by atoms with E-state index in [1.807, 2.05) is 6.92 Å². The number of nitrogens with one attached hydrogen (secondary N) is 1. The second kappa shape index (κ2) is 7.19. The standard InChI is InChI=1S/C12H13Br2F2NO2/c1-12(6-13,7-14)17-10(18)8-2-4-9(5-3-8)19-11(15)16/h2-5,11H,6-7H2,1H3,(H,17,18). The Morgan fingerprint density at radius 2 is 1.84 bits per heavy atom. The molecule has 0 bridgehead atoms. The highest BCUT2D eigenvalue weighted by molar-refractivity contribution is 9.09. The van der Waals surface area contributed by atoms with E-state index in [0.717, 1.165) is 0 Å². The lowest BCUT2D eigenvalue weighted by molar-refractivity contribution is -0.0498. The second-order valence-corrected chi connectivity index (χ2v) is 5.31. The summed E-state index contributed by atoms with van der Waals surface area (Å²) >= 11 is 6.65. The smallest absolute Gasteiger partial charge is 0.387 e. The number of carbonyl (C=O) groups excluding carboxylic acids is 1. The molecule has 106 valence electrons. The van der Waals surface area contributed by atoms with Crippen LogP contribution < -0.4 is 10.1 Å². The lowest BCUT2D eigenvalue weighted by atomic mass is 10.1. The third-order valence-electron chi connectivity index (χ3n) is 2.35. The molecule has 0 unspecified atom stereocenters. The zero-order valence-electron chi connectivity index (χ0n) is 10.1. The molecule has 1 N–H and O–H groups in total. The van der Waals surface area contributed by atoms with Crippen LogP contribution in [-0.4, -0.2) is 28.7 Å².